The molecule has 1 fully saturated rings. The average molecular weight is 453 g/mol. The largest absolute Gasteiger partial charge is 0.507 e. The third-order valence-corrected chi connectivity index (χ3v) is 6.21. The van der Waals surface area contributed by atoms with Gasteiger partial charge in [0, 0.05) is 17.5 Å². The summed E-state index contributed by atoms with van der Waals surface area (Å²) in [4.78, 5) is 28.2. The van der Waals surface area contributed by atoms with Gasteiger partial charge < -0.3 is 19.5 Å². The van der Waals surface area contributed by atoms with Crippen molar-refractivity contribution < 1.29 is 28.6 Å². The molecule has 2 aromatic carbocycles. The lowest BCUT2D eigenvalue weighted by Crippen LogP contribution is -2.28. The number of likely N-dealkylation sites (tertiary alicyclic amines) is 1. The maximum Gasteiger partial charge on any atom is 0.295 e. The summed E-state index contributed by atoms with van der Waals surface area (Å²) in [5.41, 5.74) is 0.912. The minimum absolute atomic E-state index is 0.0250. The van der Waals surface area contributed by atoms with E-state index in [1.807, 2.05) is 11.4 Å². The van der Waals surface area contributed by atoms with Crippen LogP contribution in [0.2, 0.25) is 0 Å². The van der Waals surface area contributed by atoms with Gasteiger partial charge in [0.05, 0.1) is 31.4 Å². The second-order valence-electron chi connectivity index (χ2n) is 7.14. The van der Waals surface area contributed by atoms with E-state index in [4.69, 9.17) is 9.47 Å². The Morgan fingerprint density at radius 2 is 1.84 bits per heavy atom. The van der Waals surface area contributed by atoms with Gasteiger partial charge in [-0.1, -0.05) is 18.2 Å². The number of Topliss-reactive ketones (excluding diaryl/α,β-unsaturated/α-hetero) is 1. The van der Waals surface area contributed by atoms with Gasteiger partial charge in [0.15, 0.2) is 0 Å². The van der Waals surface area contributed by atoms with Crippen LogP contribution in [-0.4, -0.2) is 35.9 Å². The summed E-state index contributed by atoms with van der Waals surface area (Å²) >= 11 is 1.37. The van der Waals surface area contributed by atoms with Gasteiger partial charge in [-0.2, -0.15) is 0 Å². The number of carbonyl (C=O) groups is 2. The Balaban J connectivity index is 1.84. The Morgan fingerprint density at radius 1 is 1.09 bits per heavy atom. The summed E-state index contributed by atoms with van der Waals surface area (Å²) < 4.78 is 23.9. The summed E-state index contributed by atoms with van der Waals surface area (Å²) in [6, 6.07) is 13.3. The molecule has 0 saturated carbocycles. The Hall–Kier alpha value is -3.65. The van der Waals surface area contributed by atoms with Gasteiger partial charge in [0.1, 0.15) is 23.1 Å². The van der Waals surface area contributed by atoms with E-state index in [1.165, 1.54) is 42.6 Å². The molecule has 0 spiro atoms. The molecule has 1 aromatic heterocycles. The molecule has 1 unspecified atom stereocenters. The van der Waals surface area contributed by atoms with Crippen LogP contribution >= 0.6 is 11.3 Å². The molecule has 2 heterocycles. The SMILES string of the molecule is COc1ccc(/C(O)=C2/C(=O)C(=O)N(Cc3ccc(F)cc3)C2c2cccs2)c(OC)c1. The summed E-state index contributed by atoms with van der Waals surface area (Å²) in [6.07, 6.45) is 0. The first-order valence-corrected chi connectivity index (χ1v) is 10.6. The van der Waals surface area contributed by atoms with Crippen molar-refractivity contribution in [1.82, 2.24) is 4.90 Å². The number of halogens is 1. The predicted molar refractivity (Wildman–Crippen MR) is 118 cm³/mol. The monoisotopic (exact) mass is 453 g/mol. The second kappa shape index (κ2) is 8.84. The number of rotatable bonds is 6. The Bertz CT molecular complexity index is 1190. The molecule has 0 radical (unpaired) electrons. The quantitative estimate of drug-likeness (QED) is 0.337. The number of thiophene rings is 1. The summed E-state index contributed by atoms with van der Waals surface area (Å²) in [6.45, 7) is 0.0872. The van der Waals surface area contributed by atoms with Gasteiger partial charge in [-0.3, -0.25) is 9.59 Å². The van der Waals surface area contributed by atoms with Crippen molar-refractivity contribution in [3.05, 3.63) is 87.4 Å². The zero-order chi connectivity index (χ0) is 22.8. The second-order valence-corrected chi connectivity index (χ2v) is 8.11. The van der Waals surface area contributed by atoms with Crippen LogP contribution in [-0.2, 0) is 16.1 Å². The van der Waals surface area contributed by atoms with Crippen LogP contribution in [0.25, 0.3) is 5.76 Å². The van der Waals surface area contributed by atoms with Crippen LogP contribution in [0.1, 0.15) is 22.0 Å². The van der Waals surface area contributed by atoms with E-state index in [1.54, 1.807) is 36.4 Å². The van der Waals surface area contributed by atoms with Crippen molar-refractivity contribution in [1.29, 1.82) is 0 Å². The summed E-state index contributed by atoms with van der Waals surface area (Å²) in [7, 11) is 2.95. The van der Waals surface area contributed by atoms with Crippen LogP contribution in [0, 0.1) is 5.82 Å². The number of hydrogen-bond donors (Lipinski definition) is 1. The lowest BCUT2D eigenvalue weighted by atomic mass is 9.99. The molecule has 164 valence electrons. The van der Waals surface area contributed by atoms with Gasteiger partial charge in [-0.25, -0.2) is 4.39 Å². The molecule has 1 saturated heterocycles. The van der Waals surface area contributed by atoms with E-state index in [0.717, 1.165) is 4.88 Å². The zero-order valence-electron chi connectivity index (χ0n) is 17.4. The fraction of sp³-hybridized carbons (Fsp3) is 0.167. The molecule has 8 heteroatoms. The topological polar surface area (TPSA) is 76.1 Å². The third-order valence-electron chi connectivity index (χ3n) is 5.28. The van der Waals surface area contributed by atoms with Gasteiger partial charge >= 0.3 is 0 Å². The van der Waals surface area contributed by atoms with Gasteiger partial charge in [0.2, 0.25) is 0 Å². The fourth-order valence-corrected chi connectivity index (χ4v) is 4.56. The molecule has 1 aliphatic heterocycles. The molecule has 4 rings (SSSR count). The van der Waals surface area contributed by atoms with Crippen molar-refractivity contribution >= 4 is 28.8 Å². The molecule has 0 aliphatic carbocycles. The molecule has 1 amide bonds. The maximum atomic E-state index is 13.3. The Morgan fingerprint density at radius 3 is 2.47 bits per heavy atom. The van der Waals surface area contributed by atoms with Gasteiger partial charge in [-0.15, -0.1) is 11.3 Å². The first-order chi connectivity index (χ1) is 15.4. The van der Waals surface area contributed by atoms with Crippen molar-refractivity contribution in [2.24, 2.45) is 0 Å². The number of aliphatic hydroxyl groups is 1. The van der Waals surface area contributed by atoms with E-state index < -0.39 is 23.5 Å². The summed E-state index contributed by atoms with van der Waals surface area (Å²) in [5, 5.41) is 13.0. The highest BCUT2D eigenvalue weighted by Gasteiger charge is 2.46. The van der Waals surface area contributed by atoms with Crippen molar-refractivity contribution in [2.75, 3.05) is 14.2 Å². The van der Waals surface area contributed by atoms with E-state index in [2.05, 4.69) is 0 Å². The third kappa shape index (κ3) is 3.85. The van der Waals surface area contributed by atoms with E-state index in [-0.39, 0.29) is 23.4 Å². The normalized spacial score (nSPS) is 17.6. The highest BCUT2D eigenvalue weighted by atomic mass is 32.1. The number of ether oxygens (including phenoxy) is 2. The Labute approximate surface area is 188 Å². The zero-order valence-corrected chi connectivity index (χ0v) is 18.2. The number of methoxy groups -OCH3 is 2. The van der Waals surface area contributed by atoms with Gasteiger partial charge in [-0.05, 0) is 41.3 Å². The summed E-state index contributed by atoms with van der Waals surface area (Å²) in [5.74, 6) is -1.43. The number of amides is 1. The number of carbonyl (C=O) groups excluding carboxylic acids is 2. The first-order valence-electron chi connectivity index (χ1n) is 9.73. The molecular weight excluding hydrogens is 433 g/mol. The number of ketones is 1. The number of nitrogens with zero attached hydrogens (tertiary/aromatic N) is 1. The van der Waals surface area contributed by atoms with Crippen molar-refractivity contribution in [2.45, 2.75) is 12.6 Å². The first kappa shape index (κ1) is 21.6. The highest BCUT2D eigenvalue weighted by molar-refractivity contribution is 7.10. The van der Waals surface area contributed by atoms with E-state index >= 15 is 0 Å². The van der Waals surface area contributed by atoms with Crippen LogP contribution in [0.15, 0.2) is 65.6 Å². The molecule has 1 N–H and O–H groups in total. The Kier molecular flexibility index (Phi) is 5.96. The minimum atomic E-state index is -0.791. The lowest BCUT2D eigenvalue weighted by molar-refractivity contribution is -0.140. The maximum absolute atomic E-state index is 13.3. The average Bonchev–Trinajstić information content (AvgIpc) is 3.42. The standard InChI is InChI=1S/C24H20FNO5S/c1-30-16-9-10-17(18(12-16)31-2)22(27)20-21(19-4-3-11-32-19)26(24(29)23(20)28)13-14-5-7-15(25)8-6-14/h3-12,21,27H,13H2,1-2H3/b22-20-. The molecule has 32 heavy (non-hydrogen) atoms. The van der Waals surface area contributed by atoms with Crippen LogP contribution in [0.3, 0.4) is 0 Å². The van der Waals surface area contributed by atoms with Crippen molar-refractivity contribution in [3.63, 3.8) is 0 Å². The fourth-order valence-electron chi connectivity index (χ4n) is 3.71. The number of benzene rings is 2. The van der Waals surface area contributed by atoms with Crippen LogP contribution in [0.5, 0.6) is 11.5 Å². The van der Waals surface area contributed by atoms with Gasteiger partial charge in [0.25, 0.3) is 11.7 Å². The van der Waals surface area contributed by atoms with Crippen LogP contribution < -0.4 is 9.47 Å². The number of aliphatic hydroxyl groups excluding tert-OH is 1. The smallest absolute Gasteiger partial charge is 0.295 e. The van der Waals surface area contributed by atoms with E-state index in [9.17, 15) is 19.1 Å². The number of hydrogen-bond acceptors (Lipinski definition) is 6. The molecule has 1 atom stereocenters. The lowest BCUT2D eigenvalue weighted by Gasteiger charge is -2.24. The van der Waals surface area contributed by atoms with Crippen LogP contribution in [0.4, 0.5) is 4.39 Å². The highest BCUT2D eigenvalue weighted by Crippen LogP contribution is 2.43. The molecular formula is C24H20FNO5S. The molecule has 6 nitrogen and oxygen atoms in total. The van der Waals surface area contributed by atoms with Crippen molar-refractivity contribution in [3.8, 4) is 11.5 Å². The molecule has 1 aliphatic rings. The van der Waals surface area contributed by atoms with E-state index in [0.29, 0.717) is 17.1 Å². The predicted octanol–water partition coefficient (Wildman–Crippen LogP) is 4.53. The molecule has 0 bridgehead atoms. The minimum Gasteiger partial charge on any atom is -0.507 e. The molecule has 3 aromatic rings.